The van der Waals surface area contributed by atoms with Gasteiger partial charge in [0, 0.05) is 38.1 Å². The summed E-state index contributed by atoms with van der Waals surface area (Å²) in [6.45, 7) is 9.89. The number of carbonyl (C=O) groups excluding carboxylic acids is 1. The lowest BCUT2D eigenvalue weighted by Gasteiger charge is -2.42. The summed E-state index contributed by atoms with van der Waals surface area (Å²) in [4.78, 5) is 16.9. The second-order valence-corrected chi connectivity index (χ2v) is 6.38. The van der Waals surface area contributed by atoms with E-state index in [9.17, 15) is 4.79 Å². The first-order valence-electron chi connectivity index (χ1n) is 7.65. The number of nitrogens with zero attached hydrogens (tertiary/aromatic N) is 2. The minimum absolute atomic E-state index is 0.387. The van der Waals surface area contributed by atoms with E-state index < -0.39 is 0 Å². The zero-order valence-electron chi connectivity index (χ0n) is 12.2. The van der Waals surface area contributed by atoms with Gasteiger partial charge in [0.1, 0.15) is 0 Å². The third kappa shape index (κ3) is 3.05. The average Bonchev–Trinajstić information content (AvgIpc) is 2.58. The number of carbonyl (C=O) groups is 1. The second kappa shape index (κ2) is 6.05. The Hall–Kier alpha value is -0.570. The van der Waals surface area contributed by atoms with Crippen LogP contribution < -0.4 is 0 Å². The largest absolute Gasteiger partial charge is 0.340 e. The maximum absolute atomic E-state index is 12.1. The molecule has 0 aliphatic carbocycles. The fourth-order valence-corrected chi connectivity index (χ4v) is 3.40. The molecule has 2 saturated heterocycles. The number of piperazine rings is 1. The molecule has 0 aromatic carbocycles. The van der Waals surface area contributed by atoms with Gasteiger partial charge in [-0.15, -0.1) is 0 Å². The van der Waals surface area contributed by atoms with Crippen molar-refractivity contribution in [2.75, 3.05) is 19.6 Å². The Balaban J connectivity index is 1.89. The van der Waals surface area contributed by atoms with Crippen LogP contribution in [0.2, 0.25) is 0 Å². The van der Waals surface area contributed by atoms with E-state index in [0.717, 1.165) is 38.3 Å². The number of rotatable bonds is 5. The quantitative estimate of drug-likeness (QED) is 0.750. The number of amides is 1. The predicted molar refractivity (Wildman–Crippen MR) is 74.5 cm³/mol. The summed E-state index contributed by atoms with van der Waals surface area (Å²) in [6.07, 6.45) is 5.48. The zero-order valence-corrected chi connectivity index (χ0v) is 12.2. The van der Waals surface area contributed by atoms with Crippen LogP contribution in [0.4, 0.5) is 0 Å². The number of hydrogen-bond donors (Lipinski definition) is 0. The van der Waals surface area contributed by atoms with Crippen LogP contribution >= 0.6 is 0 Å². The first-order valence-corrected chi connectivity index (χ1v) is 7.65. The Morgan fingerprint density at radius 2 is 1.83 bits per heavy atom. The topological polar surface area (TPSA) is 23.6 Å². The van der Waals surface area contributed by atoms with E-state index in [1.165, 1.54) is 19.4 Å². The van der Waals surface area contributed by atoms with Crippen LogP contribution in [0.1, 0.15) is 52.9 Å². The van der Waals surface area contributed by atoms with Crippen molar-refractivity contribution in [1.29, 1.82) is 0 Å². The molecule has 3 heteroatoms. The number of unbranched alkanes of at least 4 members (excludes halogenated alkanes) is 1. The van der Waals surface area contributed by atoms with Gasteiger partial charge in [0.05, 0.1) is 0 Å². The number of fused-ring (bicyclic) bond motifs is 2. The Morgan fingerprint density at radius 1 is 1.22 bits per heavy atom. The molecule has 0 N–H and O–H groups in total. The van der Waals surface area contributed by atoms with Crippen LogP contribution in [-0.4, -0.2) is 47.4 Å². The molecule has 2 bridgehead atoms. The molecule has 3 nitrogen and oxygen atoms in total. The molecule has 2 aliphatic rings. The molecular weight excluding hydrogens is 224 g/mol. The lowest BCUT2D eigenvalue weighted by Crippen LogP contribution is -2.55. The molecule has 18 heavy (non-hydrogen) atoms. The molecule has 2 fully saturated rings. The third-order valence-electron chi connectivity index (χ3n) is 4.31. The molecule has 104 valence electrons. The third-order valence-corrected chi connectivity index (χ3v) is 4.31. The Kier molecular flexibility index (Phi) is 4.66. The van der Waals surface area contributed by atoms with Gasteiger partial charge in [-0.25, -0.2) is 0 Å². The number of hydrogen-bond acceptors (Lipinski definition) is 2. The average molecular weight is 252 g/mol. The summed E-state index contributed by atoms with van der Waals surface area (Å²) < 4.78 is 0. The van der Waals surface area contributed by atoms with Crippen molar-refractivity contribution in [3.8, 4) is 0 Å². The monoisotopic (exact) mass is 252 g/mol. The molecule has 2 heterocycles. The van der Waals surface area contributed by atoms with Gasteiger partial charge in [0.25, 0.3) is 0 Å². The normalized spacial score (nSPS) is 28.1. The molecule has 2 rings (SSSR count). The van der Waals surface area contributed by atoms with Crippen molar-refractivity contribution < 1.29 is 4.79 Å². The Morgan fingerprint density at radius 3 is 2.33 bits per heavy atom. The van der Waals surface area contributed by atoms with Crippen LogP contribution in [0, 0.1) is 5.92 Å². The summed E-state index contributed by atoms with van der Waals surface area (Å²) in [6, 6.07) is 1.27. The molecule has 0 saturated carbocycles. The van der Waals surface area contributed by atoms with E-state index in [4.69, 9.17) is 0 Å². The molecule has 2 aliphatic heterocycles. The molecule has 1 amide bonds. The van der Waals surface area contributed by atoms with Gasteiger partial charge in [-0.1, -0.05) is 27.2 Å². The fourth-order valence-electron chi connectivity index (χ4n) is 3.40. The highest BCUT2D eigenvalue weighted by Crippen LogP contribution is 2.31. The van der Waals surface area contributed by atoms with E-state index >= 15 is 0 Å². The van der Waals surface area contributed by atoms with Crippen molar-refractivity contribution in [3.05, 3.63) is 0 Å². The molecule has 0 aromatic rings. The van der Waals surface area contributed by atoms with Crippen LogP contribution in [0.15, 0.2) is 0 Å². The van der Waals surface area contributed by atoms with Gasteiger partial charge in [0.15, 0.2) is 0 Å². The Bertz CT molecular complexity index is 276. The van der Waals surface area contributed by atoms with Crippen molar-refractivity contribution in [1.82, 2.24) is 9.80 Å². The van der Waals surface area contributed by atoms with Crippen LogP contribution in [-0.2, 0) is 4.79 Å². The second-order valence-electron chi connectivity index (χ2n) is 6.38. The van der Waals surface area contributed by atoms with E-state index in [0.29, 0.717) is 18.0 Å². The molecular formula is C15H28N2O. The number of likely N-dealkylation sites (tertiary alicyclic amines) is 1. The summed E-state index contributed by atoms with van der Waals surface area (Å²) in [5.41, 5.74) is 0. The van der Waals surface area contributed by atoms with E-state index in [1.807, 2.05) is 0 Å². The summed E-state index contributed by atoms with van der Waals surface area (Å²) in [5, 5.41) is 0. The van der Waals surface area contributed by atoms with E-state index in [-0.39, 0.29) is 0 Å². The smallest absolute Gasteiger partial charge is 0.222 e. The molecule has 2 atom stereocenters. The SMILES string of the molecule is CCCCC(=O)N1C[C@H]2CC[C@@H](C1)N2CC(C)C. The predicted octanol–water partition coefficient (Wildman–Crippen LogP) is 2.51. The summed E-state index contributed by atoms with van der Waals surface area (Å²) in [7, 11) is 0. The highest BCUT2D eigenvalue weighted by Gasteiger charge is 2.40. The molecule has 0 spiro atoms. The van der Waals surface area contributed by atoms with Gasteiger partial charge in [-0.2, -0.15) is 0 Å². The molecule has 0 unspecified atom stereocenters. The van der Waals surface area contributed by atoms with Crippen molar-refractivity contribution >= 4 is 5.91 Å². The standard InChI is InChI=1S/C15H28N2O/c1-4-5-6-15(18)16-10-13-7-8-14(11-16)17(13)9-12(2)3/h12-14H,4-11H2,1-3H3/t13-,14+. The van der Waals surface area contributed by atoms with Gasteiger partial charge in [-0.05, 0) is 25.2 Å². The minimum atomic E-state index is 0.387. The minimum Gasteiger partial charge on any atom is -0.340 e. The first-order chi connectivity index (χ1) is 8.61. The molecule has 0 aromatic heterocycles. The van der Waals surface area contributed by atoms with Crippen LogP contribution in [0.5, 0.6) is 0 Å². The van der Waals surface area contributed by atoms with E-state index in [1.54, 1.807) is 0 Å². The lowest BCUT2D eigenvalue weighted by molar-refractivity contribution is -0.134. The first kappa shape index (κ1) is 13.9. The van der Waals surface area contributed by atoms with Gasteiger partial charge >= 0.3 is 0 Å². The maximum atomic E-state index is 12.1. The Labute approximate surface area is 112 Å². The van der Waals surface area contributed by atoms with Gasteiger partial charge in [-0.3, -0.25) is 9.69 Å². The van der Waals surface area contributed by atoms with Crippen molar-refractivity contribution in [2.45, 2.75) is 65.0 Å². The maximum Gasteiger partial charge on any atom is 0.222 e. The summed E-state index contributed by atoms with van der Waals surface area (Å²) in [5.74, 6) is 1.12. The fraction of sp³-hybridized carbons (Fsp3) is 0.933. The molecule has 0 radical (unpaired) electrons. The van der Waals surface area contributed by atoms with Crippen LogP contribution in [0.3, 0.4) is 0 Å². The summed E-state index contributed by atoms with van der Waals surface area (Å²) >= 11 is 0. The lowest BCUT2D eigenvalue weighted by atomic mass is 10.1. The van der Waals surface area contributed by atoms with Crippen molar-refractivity contribution in [3.63, 3.8) is 0 Å². The van der Waals surface area contributed by atoms with Crippen LogP contribution in [0.25, 0.3) is 0 Å². The van der Waals surface area contributed by atoms with Gasteiger partial charge < -0.3 is 4.90 Å². The highest BCUT2D eigenvalue weighted by molar-refractivity contribution is 5.76. The van der Waals surface area contributed by atoms with Gasteiger partial charge in [0.2, 0.25) is 5.91 Å². The van der Waals surface area contributed by atoms with Crippen molar-refractivity contribution in [2.24, 2.45) is 5.92 Å². The van der Waals surface area contributed by atoms with E-state index in [2.05, 4.69) is 30.6 Å². The highest BCUT2D eigenvalue weighted by atomic mass is 16.2. The zero-order chi connectivity index (χ0) is 13.1.